The largest absolute Gasteiger partial charge is 0.354 e. The van der Waals surface area contributed by atoms with Gasteiger partial charge in [-0.25, -0.2) is 9.97 Å². The Kier molecular flexibility index (Phi) is 10.1. The van der Waals surface area contributed by atoms with Gasteiger partial charge in [0.15, 0.2) is 0 Å². The van der Waals surface area contributed by atoms with E-state index in [4.69, 9.17) is 9.97 Å². The monoisotopic (exact) mass is 616 g/mol. The normalized spacial score (nSPS) is 16.6. The fourth-order valence-electron chi connectivity index (χ4n) is 7.00. The Morgan fingerprint density at radius 2 is 1.76 bits per heavy atom. The van der Waals surface area contributed by atoms with Crippen molar-refractivity contribution in [2.24, 2.45) is 0 Å². The van der Waals surface area contributed by atoms with Crippen molar-refractivity contribution in [1.82, 2.24) is 19.8 Å². The van der Waals surface area contributed by atoms with E-state index in [0.717, 1.165) is 75.5 Å². The SMILES string of the molecule is CCc1cccc(C(C)C)c1CC(=O)Nc1ccc(C2Cc3cnc(NCCCN4CCN(C)CC4)nc3-c3ccccc32)cc1. The molecule has 1 amide bonds. The minimum absolute atomic E-state index is 0.0216. The Hall–Kier alpha value is -4.07. The number of aryl methyl sites for hydroxylation is 1. The molecule has 1 aliphatic carbocycles. The maximum absolute atomic E-state index is 13.2. The maximum Gasteiger partial charge on any atom is 0.228 e. The molecule has 1 atom stereocenters. The van der Waals surface area contributed by atoms with Crippen molar-refractivity contribution in [1.29, 1.82) is 0 Å². The zero-order valence-electron chi connectivity index (χ0n) is 27.9. The van der Waals surface area contributed by atoms with E-state index in [1.807, 2.05) is 18.3 Å². The zero-order chi connectivity index (χ0) is 32.0. The van der Waals surface area contributed by atoms with Crippen molar-refractivity contribution in [3.8, 4) is 11.3 Å². The van der Waals surface area contributed by atoms with Gasteiger partial charge in [-0.15, -0.1) is 0 Å². The average Bonchev–Trinajstić information content (AvgIpc) is 3.07. The van der Waals surface area contributed by atoms with Crippen molar-refractivity contribution in [3.05, 3.63) is 106 Å². The quantitative estimate of drug-likeness (QED) is 0.182. The number of anilines is 2. The molecule has 0 spiro atoms. The molecule has 1 aliphatic heterocycles. The van der Waals surface area contributed by atoms with E-state index in [1.165, 1.54) is 33.4 Å². The van der Waals surface area contributed by atoms with Crippen LogP contribution < -0.4 is 10.6 Å². The molecule has 0 radical (unpaired) electrons. The lowest BCUT2D eigenvalue weighted by atomic mass is 9.78. The predicted molar refractivity (Wildman–Crippen MR) is 189 cm³/mol. The van der Waals surface area contributed by atoms with E-state index >= 15 is 0 Å². The molecule has 7 nitrogen and oxygen atoms in total. The second kappa shape index (κ2) is 14.6. The molecule has 1 fully saturated rings. The van der Waals surface area contributed by atoms with E-state index < -0.39 is 0 Å². The van der Waals surface area contributed by atoms with E-state index in [-0.39, 0.29) is 11.8 Å². The summed E-state index contributed by atoms with van der Waals surface area (Å²) in [5.74, 6) is 1.30. The third-order valence-corrected chi connectivity index (χ3v) is 9.66. The van der Waals surface area contributed by atoms with Gasteiger partial charge in [0.1, 0.15) is 0 Å². The second-order valence-electron chi connectivity index (χ2n) is 13.2. The maximum atomic E-state index is 13.2. The van der Waals surface area contributed by atoms with E-state index in [9.17, 15) is 4.79 Å². The van der Waals surface area contributed by atoms with Crippen LogP contribution in [-0.4, -0.2) is 72.0 Å². The molecular weight excluding hydrogens is 568 g/mol. The number of nitrogens with one attached hydrogen (secondary N) is 2. The van der Waals surface area contributed by atoms with Gasteiger partial charge in [0, 0.05) is 56.1 Å². The summed E-state index contributed by atoms with van der Waals surface area (Å²) >= 11 is 0. The van der Waals surface area contributed by atoms with Crippen LogP contribution in [0.2, 0.25) is 0 Å². The first-order chi connectivity index (χ1) is 22.4. The molecule has 240 valence electrons. The summed E-state index contributed by atoms with van der Waals surface area (Å²) in [4.78, 5) is 27.8. The van der Waals surface area contributed by atoms with Crippen molar-refractivity contribution in [2.45, 2.75) is 58.3 Å². The van der Waals surface area contributed by atoms with Gasteiger partial charge in [-0.05, 0) is 84.3 Å². The number of benzene rings is 3. The topological polar surface area (TPSA) is 73.4 Å². The molecule has 1 unspecified atom stereocenters. The Balaban J connectivity index is 1.11. The smallest absolute Gasteiger partial charge is 0.228 e. The first kappa shape index (κ1) is 31.9. The van der Waals surface area contributed by atoms with Crippen molar-refractivity contribution >= 4 is 17.5 Å². The molecule has 1 saturated heterocycles. The van der Waals surface area contributed by atoms with Gasteiger partial charge in [0.2, 0.25) is 11.9 Å². The highest BCUT2D eigenvalue weighted by Crippen LogP contribution is 2.42. The molecule has 2 N–H and O–H groups in total. The van der Waals surface area contributed by atoms with Crippen LogP contribution in [0.4, 0.5) is 11.6 Å². The van der Waals surface area contributed by atoms with Crippen LogP contribution in [0.5, 0.6) is 0 Å². The molecule has 46 heavy (non-hydrogen) atoms. The molecule has 1 aromatic heterocycles. The molecule has 2 aliphatic rings. The average molecular weight is 617 g/mol. The van der Waals surface area contributed by atoms with Crippen molar-refractivity contribution in [2.75, 3.05) is 56.9 Å². The molecule has 7 heteroatoms. The highest BCUT2D eigenvalue weighted by atomic mass is 16.1. The van der Waals surface area contributed by atoms with Crippen molar-refractivity contribution < 1.29 is 4.79 Å². The minimum atomic E-state index is 0.0216. The van der Waals surface area contributed by atoms with Gasteiger partial charge in [-0.3, -0.25) is 4.79 Å². The number of carbonyl (C=O) groups excluding carboxylic acids is 1. The number of aromatic nitrogens is 2. The molecule has 6 rings (SSSR count). The summed E-state index contributed by atoms with van der Waals surface area (Å²) < 4.78 is 0. The standard InChI is InChI=1S/C39H48N6O/c1-5-28-10-8-13-32(27(2)3)36(28)25-37(46)42-31-16-14-29(15-17-31)35-24-30-26-41-39(43-38(30)34-12-7-6-11-33(34)35)40-18-9-19-45-22-20-44(4)21-23-45/h6-8,10-17,26-27,35H,5,9,18-25H2,1-4H3,(H,42,46)(H,40,41,43). The minimum Gasteiger partial charge on any atom is -0.354 e. The predicted octanol–water partition coefficient (Wildman–Crippen LogP) is 6.75. The van der Waals surface area contributed by atoms with Gasteiger partial charge >= 0.3 is 0 Å². The highest BCUT2D eigenvalue weighted by Gasteiger charge is 2.27. The lowest BCUT2D eigenvalue weighted by molar-refractivity contribution is -0.115. The van der Waals surface area contributed by atoms with E-state index in [2.05, 4.69) is 103 Å². The molecule has 0 saturated carbocycles. The van der Waals surface area contributed by atoms with E-state index in [1.54, 1.807) is 0 Å². The third-order valence-electron chi connectivity index (χ3n) is 9.66. The summed E-state index contributed by atoms with van der Waals surface area (Å²) in [6, 6.07) is 23.4. The van der Waals surface area contributed by atoms with Crippen LogP contribution in [0, 0.1) is 0 Å². The van der Waals surface area contributed by atoms with E-state index in [0.29, 0.717) is 18.3 Å². The van der Waals surface area contributed by atoms with Crippen LogP contribution in [0.1, 0.15) is 72.4 Å². The number of carbonyl (C=O) groups is 1. The number of amides is 1. The number of hydrogen-bond donors (Lipinski definition) is 2. The summed E-state index contributed by atoms with van der Waals surface area (Å²) in [5.41, 5.74) is 10.4. The molecule has 3 aromatic carbocycles. The van der Waals surface area contributed by atoms with Crippen LogP contribution >= 0.6 is 0 Å². The first-order valence-corrected chi connectivity index (χ1v) is 17.0. The number of rotatable bonds is 11. The Bertz CT molecular complexity index is 1640. The lowest BCUT2D eigenvalue weighted by Crippen LogP contribution is -2.44. The fraction of sp³-hybridized carbons (Fsp3) is 0.410. The Labute approximate surface area is 274 Å². The molecular formula is C39H48N6O. The van der Waals surface area contributed by atoms with Crippen molar-refractivity contribution in [3.63, 3.8) is 0 Å². The van der Waals surface area contributed by atoms with Crippen LogP contribution in [-0.2, 0) is 24.1 Å². The summed E-state index contributed by atoms with van der Waals surface area (Å²) in [6.07, 6.45) is 5.23. The second-order valence-corrected chi connectivity index (χ2v) is 13.2. The highest BCUT2D eigenvalue weighted by molar-refractivity contribution is 5.92. The Morgan fingerprint density at radius 1 is 0.978 bits per heavy atom. The van der Waals surface area contributed by atoms with Crippen LogP contribution in [0.25, 0.3) is 11.3 Å². The first-order valence-electron chi connectivity index (χ1n) is 17.0. The van der Waals surface area contributed by atoms with Gasteiger partial charge < -0.3 is 20.4 Å². The number of fused-ring (bicyclic) bond motifs is 3. The fourth-order valence-corrected chi connectivity index (χ4v) is 7.00. The van der Waals surface area contributed by atoms with Gasteiger partial charge in [-0.2, -0.15) is 0 Å². The van der Waals surface area contributed by atoms with Gasteiger partial charge in [-0.1, -0.05) is 75.4 Å². The molecule has 0 bridgehead atoms. The summed E-state index contributed by atoms with van der Waals surface area (Å²) in [5, 5.41) is 6.62. The lowest BCUT2D eigenvalue weighted by Gasteiger charge is -2.32. The third kappa shape index (κ3) is 7.32. The molecule has 2 heterocycles. The van der Waals surface area contributed by atoms with Crippen LogP contribution in [0.3, 0.4) is 0 Å². The zero-order valence-corrected chi connectivity index (χ0v) is 27.9. The number of likely N-dealkylation sites (N-methyl/N-ethyl adjacent to an activating group) is 1. The summed E-state index contributed by atoms with van der Waals surface area (Å²) in [6.45, 7) is 13.1. The van der Waals surface area contributed by atoms with Crippen LogP contribution in [0.15, 0.2) is 72.9 Å². The number of nitrogens with zero attached hydrogens (tertiary/aromatic N) is 4. The molecule has 4 aromatic rings. The summed E-state index contributed by atoms with van der Waals surface area (Å²) in [7, 11) is 2.20. The van der Waals surface area contributed by atoms with Gasteiger partial charge in [0.05, 0.1) is 12.1 Å². The number of hydrogen-bond acceptors (Lipinski definition) is 6. The Morgan fingerprint density at radius 3 is 2.52 bits per heavy atom. The van der Waals surface area contributed by atoms with Gasteiger partial charge in [0.25, 0.3) is 0 Å². The number of piperazine rings is 1.